The highest BCUT2D eigenvalue weighted by atomic mass is 31.2. The van der Waals surface area contributed by atoms with Gasteiger partial charge in [0.1, 0.15) is 29.0 Å². The summed E-state index contributed by atoms with van der Waals surface area (Å²) in [4.78, 5) is 88.6. The molecule has 0 saturated carbocycles. The van der Waals surface area contributed by atoms with Crippen LogP contribution in [0.4, 0.5) is 30.9 Å². The van der Waals surface area contributed by atoms with E-state index in [9.17, 15) is 33.3 Å². The number of carbonyl (C=O) groups excluding carboxylic acids is 6. The van der Waals surface area contributed by atoms with Gasteiger partial charge in [0.15, 0.2) is 5.82 Å². The zero-order chi connectivity index (χ0) is 48.4. The molecule has 1 heterocycles. The SMILES string of the molecule is C/C(=C\CP(=O)(OCOC(=O)C(C)(C)C)OCOC(=O)C(C)(C)C)COc1cc(N(C(=O)OC(C)(C)C)C(=O)OC(C)(C)C)nc(N(C(=O)OC(C)(C)C)C(=O)OC(C)(C)C)n1. The number of rotatable bonds is 13. The lowest BCUT2D eigenvalue weighted by molar-refractivity contribution is -0.162. The molecular formula is C41H67N4O16P. The van der Waals surface area contributed by atoms with Crippen LogP contribution in [0.3, 0.4) is 0 Å². The number of ether oxygens (including phenoxy) is 7. The largest absolute Gasteiger partial charge is 0.473 e. The van der Waals surface area contributed by atoms with Crippen molar-refractivity contribution in [3.63, 3.8) is 0 Å². The number of hydrogen-bond acceptors (Lipinski definition) is 18. The molecular weight excluding hydrogens is 835 g/mol. The fraction of sp³-hybridized carbons (Fsp3) is 0.707. The molecule has 0 saturated heterocycles. The maximum Gasteiger partial charge on any atom is 0.427 e. The summed E-state index contributed by atoms with van der Waals surface area (Å²) in [7, 11) is -4.17. The van der Waals surface area contributed by atoms with Gasteiger partial charge in [-0.3, -0.25) is 23.2 Å². The molecule has 62 heavy (non-hydrogen) atoms. The second-order valence-electron chi connectivity index (χ2n) is 19.9. The summed E-state index contributed by atoms with van der Waals surface area (Å²) in [6.45, 7) is 28.1. The molecule has 1 aromatic rings. The summed E-state index contributed by atoms with van der Waals surface area (Å²) in [6.07, 6.45) is -4.05. The molecule has 0 bridgehead atoms. The molecule has 21 heteroatoms. The van der Waals surface area contributed by atoms with E-state index in [0.29, 0.717) is 15.4 Å². The van der Waals surface area contributed by atoms with Crippen LogP contribution < -0.4 is 14.5 Å². The van der Waals surface area contributed by atoms with Gasteiger partial charge in [-0.05, 0) is 137 Å². The van der Waals surface area contributed by atoms with Gasteiger partial charge in [0.25, 0.3) is 0 Å². The zero-order valence-corrected chi connectivity index (χ0v) is 40.6. The van der Waals surface area contributed by atoms with E-state index >= 15 is 0 Å². The summed E-state index contributed by atoms with van der Waals surface area (Å²) in [6, 6.07) is 1.05. The lowest BCUT2D eigenvalue weighted by Gasteiger charge is -2.29. The van der Waals surface area contributed by atoms with Gasteiger partial charge < -0.3 is 33.2 Å². The second-order valence-corrected chi connectivity index (χ2v) is 22.1. The summed E-state index contributed by atoms with van der Waals surface area (Å²) in [5.41, 5.74) is -5.93. The highest BCUT2D eigenvalue weighted by Gasteiger charge is 2.39. The van der Waals surface area contributed by atoms with Gasteiger partial charge in [0.05, 0.1) is 17.0 Å². The average Bonchev–Trinajstić information content (AvgIpc) is 3.02. The highest BCUT2D eigenvalue weighted by Crippen LogP contribution is 2.48. The summed E-state index contributed by atoms with van der Waals surface area (Å²) < 4.78 is 62.8. The fourth-order valence-electron chi connectivity index (χ4n) is 3.83. The number of carbonyl (C=O) groups is 6. The number of esters is 2. The van der Waals surface area contributed by atoms with Crippen LogP contribution in [0.5, 0.6) is 5.88 Å². The Morgan fingerprint density at radius 3 is 1.27 bits per heavy atom. The van der Waals surface area contributed by atoms with Gasteiger partial charge in [-0.1, -0.05) is 6.08 Å². The van der Waals surface area contributed by atoms with E-state index in [-0.39, 0.29) is 6.61 Å². The Balaban J connectivity index is 3.87. The third kappa shape index (κ3) is 20.8. The lowest BCUT2D eigenvalue weighted by Crippen LogP contribution is -2.46. The summed E-state index contributed by atoms with van der Waals surface area (Å²) >= 11 is 0. The summed E-state index contributed by atoms with van der Waals surface area (Å²) in [5, 5.41) is 0. The minimum absolute atomic E-state index is 0.342. The van der Waals surface area contributed by atoms with Crippen molar-refractivity contribution >= 4 is 55.7 Å². The second kappa shape index (κ2) is 21.0. The van der Waals surface area contributed by atoms with Crippen LogP contribution in [0.15, 0.2) is 17.7 Å². The number of aromatic nitrogens is 2. The van der Waals surface area contributed by atoms with E-state index in [1.165, 1.54) is 6.08 Å². The normalized spacial score (nSPS) is 13.0. The van der Waals surface area contributed by atoms with Crippen molar-refractivity contribution in [3.05, 3.63) is 17.7 Å². The number of imide groups is 2. The molecule has 0 N–H and O–H groups in total. The van der Waals surface area contributed by atoms with Gasteiger partial charge in [-0.15, -0.1) is 4.90 Å². The molecule has 0 radical (unpaired) electrons. The Labute approximate surface area is 365 Å². The molecule has 4 amide bonds. The van der Waals surface area contributed by atoms with Gasteiger partial charge in [-0.2, -0.15) is 14.9 Å². The number of allylic oxidation sites excluding steroid dienone is 1. The Kier molecular flexibility index (Phi) is 18.7. The molecule has 0 atom stereocenters. The average molecular weight is 903 g/mol. The fourth-order valence-corrected chi connectivity index (χ4v) is 5.08. The monoisotopic (exact) mass is 902 g/mol. The molecule has 0 fully saturated rings. The van der Waals surface area contributed by atoms with Crippen molar-refractivity contribution in [1.82, 2.24) is 9.97 Å². The van der Waals surface area contributed by atoms with Crippen molar-refractivity contribution in [3.8, 4) is 5.88 Å². The smallest absolute Gasteiger partial charge is 0.427 e. The third-order valence-electron chi connectivity index (χ3n) is 6.63. The Hall–Kier alpha value is -4.81. The topological polar surface area (TPSA) is 235 Å². The molecule has 352 valence electrons. The van der Waals surface area contributed by atoms with Crippen LogP contribution in [-0.4, -0.2) is 95.0 Å². The lowest BCUT2D eigenvalue weighted by atomic mass is 9.98. The molecule has 0 aliphatic carbocycles. The third-order valence-corrected chi connectivity index (χ3v) is 8.25. The van der Waals surface area contributed by atoms with Gasteiger partial charge in [-0.25, -0.2) is 19.2 Å². The van der Waals surface area contributed by atoms with Crippen LogP contribution in [0, 0.1) is 10.8 Å². The van der Waals surface area contributed by atoms with Crippen LogP contribution in [0.1, 0.15) is 132 Å². The first-order valence-corrected chi connectivity index (χ1v) is 21.4. The van der Waals surface area contributed by atoms with Crippen LogP contribution in [-0.2, 0) is 51.6 Å². The van der Waals surface area contributed by atoms with E-state index < -0.39 is 115 Å². The number of hydrogen-bond donors (Lipinski definition) is 0. The molecule has 0 aromatic carbocycles. The molecule has 1 aromatic heterocycles. The Morgan fingerprint density at radius 1 is 0.581 bits per heavy atom. The molecule has 1 rings (SSSR count). The van der Waals surface area contributed by atoms with E-state index in [0.717, 1.165) is 6.07 Å². The first kappa shape index (κ1) is 55.2. The Bertz CT molecular complexity index is 1690. The number of anilines is 2. The standard InChI is InChI=1S/C41H67N4O16P/c1-26(20-21-62(52,56-24-54-29(46)36(2,3)4)57-25-55-30(47)37(5,6)7)23-53-28-22-27(44(32(48)58-38(8,9)10)33(49)59-39(11,12)13)42-31(43-28)45(34(50)60-40(14,15)16)35(51)61-41(17,18)19/h20,22H,21,23-25H2,1-19H3/b26-20+. The molecule has 0 unspecified atom stereocenters. The first-order valence-electron chi connectivity index (χ1n) is 19.6. The maximum atomic E-state index is 13.8. The maximum absolute atomic E-state index is 13.8. The van der Waals surface area contributed by atoms with Crippen LogP contribution in [0.25, 0.3) is 0 Å². The van der Waals surface area contributed by atoms with Gasteiger partial charge >= 0.3 is 43.9 Å². The minimum atomic E-state index is -4.17. The van der Waals surface area contributed by atoms with Crippen LogP contribution in [0.2, 0.25) is 0 Å². The highest BCUT2D eigenvalue weighted by molar-refractivity contribution is 7.54. The Morgan fingerprint density at radius 2 is 0.935 bits per heavy atom. The molecule has 0 aliphatic heterocycles. The van der Waals surface area contributed by atoms with Crippen LogP contribution >= 0.6 is 7.60 Å². The predicted molar refractivity (Wildman–Crippen MR) is 227 cm³/mol. The molecule has 20 nitrogen and oxygen atoms in total. The van der Waals surface area contributed by atoms with Gasteiger partial charge in [0.2, 0.25) is 25.4 Å². The van der Waals surface area contributed by atoms with Gasteiger partial charge in [0, 0.05) is 6.07 Å². The number of nitrogens with zero attached hydrogens (tertiary/aromatic N) is 4. The quantitative estimate of drug-likeness (QED) is 0.0589. The van der Waals surface area contributed by atoms with Crippen molar-refractivity contribution in [2.24, 2.45) is 10.8 Å². The van der Waals surface area contributed by atoms with Crippen molar-refractivity contribution in [1.29, 1.82) is 0 Å². The van der Waals surface area contributed by atoms with E-state index in [2.05, 4.69) is 9.97 Å². The first-order chi connectivity index (χ1) is 27.7. The van der Waals surface area contributed by atoms with E-state index in [4.69, 9.17) is 42.2 Å². The summed E-state index contributed by atoms with van der Waals surface area (Å²) in [5.74, 6) is -2.96. The minimum Gasteiger partial charge on any atom is -0.473 e. The van der Waals surface area contributed by atoms with Crippen molar-refractivity contribution in [2.75, 3.05) is 36.2 Å². The number of amides is 4. The molecule has 0 aliphatic rings. The predicted octanol–water partition coefficient (Wildman–Crippen LogP) is 9.47. The zero-order valence-electron chi connectivity index (χ0n) is 39.8. The van der Waals surface area contributed by atoms with Crippen molar-refractivity contribution in [2.45, 2.75) is 154 Å². The van der Waals surface area contributed by atoms with E-state index in [1.807, 2.05) is 0 Å². The molecule has 0 spiro atoms. The van der Waals surface area contributed by atoms with E-state index in [1.54, 1.807) is 132 Å². The van der Waals surface area contributed by atoms with Crippen molar-refractivity contribution < 1.29 is 75.5 Å².